The Labute approximate surface area is 313 Å². The average molecular weight is 683 g/mol. The maximum atomic E-state index is 9.21. The van der Waals surface area contributed by atoms with Gasteiger partial charge in [0.1, 0.15) is 11.2 Å². The number of fused-ring (bicyclic) bond motifs is 4. The number of furan rings is 1. The van der Waals surface area contributed by atoms with E-state index in [9.17, 15) is 1.37 Å². The summed E-state index contributed by atoms with van der Waals surface area (Å²) in [5, 5.41) is 2.95. The van der Waals surface area contributed by atoms with E-state index in [1.165, 1.54) is 12.1 Å². The van der Waals surface area contributed by atoms with Crippen molar-refractivity contribution in [1.82, 2.24) is 15.0 Å². The van der Waals surface area contributed by atoms with Gasteiger partial charge in [0.2, 0.25) is 0 Å². The largest absolute Gasteiger partial charge is 0.456 e. The van der Waals surface area contributed by atoms with Crippen LogP contribution in [-0.2, 0) is 0 Å². The van der Waals surface area contributed by atoms with Gasteiger partial charge in [-0.2, -0.15) is 0 Å². The van der Waals surface area contributed by atoms with Gasteiger partial charge in [0.05, 0.1) is 6.85 Å². The Kier molecular flexibility index (Phi) is 6.24. The third-order valence-corrected chi connectivity index (χ3v) is 9.61. The van der Waals surface area contributed by atoms with Crippen LogP contribution in [0.1, 0.15) is 6.85 Å². The molecule has 0 unspecified atom stereocenters. The molecule has 0 aliphatic carbocycles. The lowest BCUT2D eigenvalue weighted by atomic mass is 9.91. The number of benzene rings is 8. The number of hydrogen-bond donors (Lipinski definition) is 0. The molecule has 0 aliphatic heterocycles. The lowest BCUT2D eigenvalue weighted by Crippen LogP contribution is -2.01. The first kappa shape index (κ1) is 25.7. The highest BCUT2D eigenvalue weighted by Gasteiger charge is 2.19. The van der Waals surface area contributed by atoms with E-state index in [1.807, 2.05) is 78.9 Å². The Bertz CT molecular complexity index is 3220. The topological polar surface area (TPSA) is 51.8 Å². The van der Waals surface area contributed by atoms with Gasteiger partial charge in [-0.15, -0.1) is 0 Å². The molecule has 0 fully saturated rings. The van der Waals surface area contributed by atoms with E-state index in [0.29, 0.717) is 22.4 Å². The predicted octanol–water partition coefficient (Wildman–Crippen LogP) is 12.9. The molecule has 8 aromatic carbocycles. The first-order valence-electron chi connectivity index (χ1n) is 19.9. The first-order valence-corrected chi connectivity index (χ1v) is 17.4. The van der Waals surface area contributed by atoms with Crippen LogP contribution in [0.5, 0.6) is 0 Å². The summed E-state index contributed by atoms with van der Waals surface area (Å²) < 4.78 is 49.3. The Morgan fingerprint density at radius 2 is 1.02 bits per heavy atom. The normalized spacial score (nSPS) is 12.7. The molecule has 0 bridgehead atoms. The van der Waals surface area contributed by atoms with Crippen molar-refractivity contribution in [3.05, 3.63) is 188 Å². The van der Waals surface area contributed by atoms with Gasteiger partial charge in [0.15, 0.2) is 17.5 Å². The zero-order chi connectivity index (χ0) is 39.5. The van der Waals surface area contributed by atoms with Crippen LogP contribution < -0.4 is 0 Å². The molecule has 0 amide bonds. The second-order valence-corrected chi connectivity index (χ2v) is 12.8. The van der Waals surface area contributed by atoms with Crippen LogP contribution >= 0.6 is 0 Å². The highest BCUT2D eigenvalue weighted by atomic mass is 16.3. The molecule has 4 heteroatoms. The van der Waals surface area contributed by atoms with Crippen molar-refractivity contribution >= 4 is 32.7 Å². The molecule has 0 spiro atoms. The molecule has 2 aromatic heterocycles. The van der Waals surface area contributed by atoms with E-state index in [4.69, 9.17) is 24.9 Å². The maximum Gasteiger partial charge on any atom is 0.164 e. The van der Waals surface area contributed by atoms with Crippen molar-refractivity contribution in [3.63, 3.8) is 0 Å². The lowest BCUT2D eigenvalue weighted by molar-refractivity contribution is 0.669. The summed E-state index contributed by atoms with van der Waals surface area (Å²) in [6.45, 7) is 0. The smallest absolute Gasteiger partial charge is 0.164 e. The molecular formula is C49H31N3O. The van der Waals surface area contributed by atoms with Gasteiger partial charge < -0.3 is 4.42 Å². The van der Waals surface area contributed by atoms with Gasteiger partial charge in [0.25, 0.3) is 0 Å². The Morgan fingerprint density at radius 3 is 1.83 bits per heavy atom. The van der Waals surface area contributed by atoms with Crippen LogP contribution in [0.3, 0.4) is 0 Å². The van der Waals surface area contributed by atoms with Crippen molar-refractivity contribution in [1.29, 1.82) is 0 Å². The summed E-state index contributed by atoms with van der Waals surface area (Å²) in [5.74, 6) is 0.933. The molecule has 10 aromatic rings. The molecule has 0 aliphatic rings. The highest BCUT2D eigenvalue weighted by Crippen LogP contribution is 2.39. The standard InChI is InChI=1S/C49H31N3O/c1-3-12-32(13-4-1)34-22-25-36(26-23-34)47-50-48(52-49(51-47)42-19-11-21-45-46(42)41-18-9-10-20-44(41)53-45)39-28-29-40(35-15-5-2-6-16-35)43(31-39)38-27-24-33-14-7-8-17-37(33)30-38/h1-31H/i9D,10D,19D,20D,21D. The van der Waals surface area contributed by atoms with Crippen molar-refractivity contribution in [2.45, 2.75) is 0 Å². The van der Waals surface area contributed by atoms with E-state index < -0.39 is 0 Å². The Balaban J connectivity index is 1.23. The number of hydrogen-bond acceptors (Lipinski definition) is 4. The van der Waals surface area contributed by atoms with Gasteiger partial charge in [-0.25, -0.2) is 15.0 Å². The zero-order valence-electron chi connectivity index (χ0n) is 33.3. The fraction of sp³-hybridized carbons (Fsp3) is 0. The van der Waals surface area contributed by atoms with Crippen LogP contribution in [0.4, 0.5) is 0 Å². The average Bonchev–Trinajstić information content (AvgIpc) is 3.65. The van der Waals surface area contributed by atoms with Gasteiger partial charge in [0, 0.05) is 27.5 Å². The molecule has 53 heavy (non-hydrogen) atoms. The Morgan fingerprint density at radius 1 is 0.377 bits per heavy atom. The lowest BCUT2D eigenvalue weighted by Gasteiger charge is -2.14. The molecule has 248 valence electrons. The van der Waals surface area contributed by atoms with Crippen LogP contribution in [0, 0.1) is 0 Å². The van der Waals surface area contributed by atoms with Crippen molar-refractivity contribution in [2.24, 2.45) is 0 Å². The van der Waals surface area contributed by atoms with Crippen LogP contribution in [0.25, 0.3) is 100 Å². The molecule has 0 N–H and O–H groups in total. The summed E-state index contributed by atoms with van der Waals surface area (Å²) in [6, 6.07) is 51.3. The Hall–Kier alpha value is -7.17. The van der Waals surface area contributed by atoms with Crippen molar-refractivity contribution in [2.75, 3.05) is 0 Å². The zero-order valence-corrected chi connectivity index (χ0v) is 28.3. The summed E-state index contributed by atoms with van der Waals surface area (Å²) >= 11 is 0. The van der Waals surface area contributed by atoms with Crippen molar-refractivity contribution < 1.29 is 11.3 Å². The van der Waals surface area contributed by atoms with Crippen LogP contribution in [-0.4, -0.2) is 15.0 Å². The van der Waals surface area contributed by atoms with E-state index in [2.05, 4.69) is 66.7 Å². The summed E-state index contributed by atoms with van der Waals surface area (Å²) in [5.41, 5.74) is 8.18. The van der Waals surface area contributed by atoms with Crippen molar-refractivity contribution in [3.8, 4) is 67.5 Å². The van der Waals surface area contributed by atoms with E-state index in [-0.39, 0.29) is 52.8 Å². The molecule has 0 atom stereocenters. The number of nitrogens with zero attached hydrogens (tertiary/aromatic N) is 3. The van der Waals surface area contributed by atoms with Gasteiger partial charge in [-0.3, -0.25) is 0 Å². The van der Waals surface area contributed by atoms with E-state index in [1.54, 1.807) is 0 Å². The van der Waals surface area contributed by atoms with Gasteiger partial charge in [-0.1, -0.05) is 164 Å². The first-order chi connectivity index (χ1) is 28.3. The maximum absolute atomic E-state index is 9.21. The molecule has 0 radical (unpaired) electrons. The second-order valence-electron chi connectivity index (χ2n) is 12.8. The molecule has 0 saturated carbocycles. The molecule has 10 rings (SSSR count). The fourth-order valence-corrected chi connectivity index (χ4v) is 6.98. The highest BCUT2D eigenvalue weighted by molar-refractivity contribution is 6.11. The van der Waals surface area contributed by atoms with E-state index in [0.717, 1.165) is 55.3 Å². The van der Waals surface area contributed by atoms with Gasteiger partial charge >= 0.3 is 0 Å². The minimum Gasteiger partial charge on any atom is -0.456 e. The van der Waals surface area contributed by atoms with Crippen LogP contribution in [0.2, 0.25) is 0 Å². The number of para-hydroxylation sites is 1. The quantitative estimate of drug-likeness (QED) is 0.175. The second kappa shape index (κ2) is 12.9. The minimum absolute atomic E-state index is 0.0213. The SMILES string of the molecule is [2H]c1cc2c(oc3c([2H])cc([2H])c(-c4nc(-c5ccc(-c6ccccc6)cc5)nc(-c5ccc(-c6ccccc6)c(-c6ccc7ccccc7c6)c5)n4)c32)c([2H])c1[2H]. The monoisotopic (exact) mass is 682 g/mol. The molecular weight excluding hydrogens is 647 g/mol. The molecule has 2 heterocycles. The predicted molar refractivity (Wildman–Crippen MR) is 217 cm³/mol. The fourth-order valence-electron chi connectivity index (χ4n) is 6.98. The minimum atomic E-state index is -0.282. The van der Waals surface area contributed by atoms with Crippen LogP contribution in [0.15, 0.2) is 192 Å². The molecule has 4 nitrogen and oxygen atoms in total. The summed E-state index contributed by atoms with van der Waals surface area (Å²) in [4.78, 5) is 15.1. The number of aromatic nitrogens is 3. The summed E-state index contributed by atoms with van der Waals surface area (Å²) in [7, 11) is 0. The molecule has 0 saturated heterocycles. The van der Waals surface area contributed by atoms with E-state index >= 15 is 0 Å². The third kappa shape index (κ3) is 5.63. The number of rotatable bonds is 6. The third-order valence-electron chi connectivity index (χ3n) is 9.61. The summed E-state index contributed by atoms with van der Waals surface area (Å²) in [6.07, 6.45) is 0. The van der Waals surface area contributed by atoms with Gasteiger partial charge in [-0.05, 0) is 68.4 Å².